The predicted octanol–water partition coefficient (Wildman–Crippen LogP) is 4.61. The number of unbranched alkanes of at least 4 members (excludes halogenated alkanes) is 1. The zero-order chi connectivity index (χ0) is 18.4. The van der Waals surface area contributed by atoms with Gasteiger partial charge < -0.3 is 9.64 Å². The Morgan fingerprint density at radius 1 is 1.23 bits per heavy atom. The topological polar surface area (TPSA) is 55.3 Å². The van der Waals surface area contributed by atoms with Crippen LogP contribution in [0.15, 0.2) is 16.9 Å². The highest BCUT2D eigenvalue weighted by Gasteiger charge is 2.32. The van der Waals surface area contributed by atoms with Gasteiger partial charge >= 0.3 is 6.01 Å². The molecular formula is C20H30BrN3O2. The maximum absolute atomic E-state index is 12.9. The molecule has 2 aliphatic rings. The van der Waals surface area contributed by atoms with Crippen molar-refractivity contribution in [1.29, 1.82) is 0 Å². The molecule has 144 valence electrons. The molecule has 5 nitrogen and oxygen atoms in total. The molecule has 3 rings (SSSR count). The van der Waals surface area contributed by atoms with Crippen LogP contribution in [0.1, 0.15) is 64.7 Å². The first-order valence-electron chi connectivity index (χ1n) is 10.1. The molecule has 1 unspecified atom stereocenters. The van der Waals surface area contributed by atoms with Crippen LogP contribution in [0.3, 0.4) is 0 Å². The third kappa shape index (κ3) is 5.41. The van der Waals surface area contributed by atoms with Crippen molar-refractivity contribution in [2.75, 3.05) is 13.1 Å². The maximum Gasteiger partial charge on any atom is 0.316 e. The van der Waals surface area contributed by atoms with Gasteiger partial charge in [0.2, 0.25) is 5.91 Å². The van der Waals surface area contributed by atoms with E-state index in [4.69, 9.17) is 4.74 Å². The standard InChI is InChI=1S/C20H30BrN3O2/c1-2-3-5-15-7-9-16(10-8-15)19(25)24-11-4-6-18(14-24)26-20-22-12-17(21)13-23-20/h12-13,15-16,18H,2-11,14H2,1H3. The minimum atomic E-state index is -0.00484. The lowest BCUT2D eigenvalue weighted by molar-refractivity contribution is -0.139. The molecule has 6 heteroatoms. The first-order valence-corrected chi connectivity index (χ1v) is 10.9. The number of amides is 1. The molecule has 1 atom stereocenters. The Kier molecular flexibility index (Phi) is 7.29. The van der Waals surface area contributed by atoms with E-state index < -0.39 is 0 Å². The highest BCUT2D eigenvalue weighted by atomic mass is 79.9. The largest absolute Gasteiger partial charge is 0.458 e. The number of likely N-dealkylation sites (tertiary alicyclic amines) is 1. The maximum atomic E-state index is 12.9. The van der Waals surface area contributed by atoms with Crippen LogP contribution >= 0.6 is 15.9 Å². The fraction of sp³-hybridized carbons (Fsp3) is 0.750. The van der Waals surface area contributed by atoms with Crippen molar-refractivity contribution in [3.63, 3.8) is 0 Å². The van der Waals surface area contributed by atoms with Crippen molar-refractivity contribution in [3.8, 4) is 6.01 Å². The quantitative estimate of drug-likeness (QED) is 0.670. The smallest absolute Gasteiger partial charge is 0.316 e. The van der Waals surface area contributed by atoms with Gasteiger partial charge in [-0.05, 0) is 60.4 Å². The summed E-state index contributed by atoms with van der Waals surface area (Å²) in [6.07, 6.45) is 13.8. The number of nitrogens with zero attached hydrogens (tertiary/aromatic N) is 3. The lowest BCUT2D eigenvalue weighted by Crippen LogP contribution is -2.47. The van der Waals surface area contributed by atoms with E-state index in [1.54, 1.807) is 12.4 Å². The Morgan fingerprint density at radius 3 is 2.65 bits per heavy atom. The van der Waals surface area contributed by atoms with Crippen LogP contribution in [0.4, 0.5) is 0 Å². The highest BCUT2D eigenvalue weighted by molar-refractivity contribution is 9.10. The minimum absolute atomic E-state index is 0.00484. The Bertz CT molecular complexity index is 573. The number of aromatic nitrogens is 2. The van der Waals surface area contributed by atoms with E-state index in [0.717, 1.165) is 42.6 Å². The van der Waals surface area contributed by atoms with Crippen LogP contribution in [0.25, 0.3) is 0 Å². The SMILES string of the molecule is CCCCC1CCC(C(=O)N2CCCC(Oc3ncc(Br)cn3)C2)CC1. The van der Waals surface area contributed by atoms with Gasteiger partial charge in [-0.15, -0.1) is 0 Å². The van der Waals surface area contributed by atoms with Crippen LogP contribution in [0.2, 0.25) is 0 Å². The molecule has 0 radical (unpaired) electrons. The lowest BCUT2D eigenvalue weighted by atomic mass is 9.79. The third-order valence-electron chi connectivity index (χ3n) is 5.72. The van der Waals surface area contributed by atoms with Crippen LogP contribution in [0.5, 0.6) is 6.01 Å². The van der Waals surface area contributed by atoms with E-state index in [0.29, 0.717) is 18.5 Å². The van der Waals surface area contributed by atoms with Crippen molar-refractivity contribution in [1.82, 2.24) is 14.9 Å². The molecule has 2 fully saturated rings. The Morgan fingerprint density at radius 2 is 1.96 bits per heavy atom. The van der Waals surface area contributed by atoms with E-state index in [1.807, 2.05) is 4.90 Å². The van der Waals surface area contributed by atoms with Gasteiger partial charge in [-0.25, -0.2) is 9.97 Å². The van der Waals surface area contributed by atoms with Gasteiger partial charge in [0.25, 0.3) is 0 Å². The molecule has 1 aromatic rings. The number of carbonyl (C=O) groups excluding carboxylic acids is 1. The molecule has 1 aromatic heterocycles. The minimum Gasteiger partial charge on any atom is -0.458 e. The number of hydrogen-bond donors (Lipinski definition) is 0. The van der Waals surface area contributed by atoms with Gasteiger partial charge in [0, 0.05) is 24.9 Å². The fourth-order valence-corrected chi connectivity index (χ4v) is 4.40. The van der Waals surface area contributed by atoms with Gasteiger partial charge in [0.15, 0.2) is 0 Å². The molecule has 1 aliphatic carbocycles. The van der Waals surface area contributed by atoms with Gasteiger partial charge in [0.05, 0.1) is 11.0 Å². The number of hydrogen-bond acceptors (Lipinski definition) is 4. The number of piperidine rings is 1. The molecule has 0 N–H and O–H groups in total. The number of carbonyl (C=O) groups is 1. The van der Waals surface area contributed by atoms with Crippen molar-refractivity contribution < 1.29 is 9.53 Å². The molecule has 0 aromatic carbocycles. The van der Waals surface area contributed by atoms with Gasteiger partial charge in [-0.1, -0.05) is 26.2 Å². The van der Waals surface area contributed by atoms with E-state index in [9.17, 15) is 4.79 Å². The third-order valence-corrected chi connectivity index (χ3v) is 6.13. The summed E-state index contributed by atoms with van der Waals surface area (Å²) in [6, 6.07) is 0.393. The molecule has 1 saturated heterocycles. The average Bonchev–Trinajstić information content (AvgIpc) is 2.68. The molecule has 26 heavy (non-hydrogen) atoms. The summed E-state index contributed by atoms with van der Waals surface area (Å²) in [5.74, 6) is 1.39. The summed E-state index contributed by atoms with van der Waals surface area (Å²) < 4.78 is 6.74. The number of ether oxygens (including phenoxy) is 1. The summed E-state index contributed by atoms with van der Waals surface area (Å²) in [6.45, 7) is 3.77. The summed E-state index contributed by atoms with van der Waals surface area (Å²) in [4.78, 5) is 23.3. The lowest BCUT2D eigenvalue weighted by Gasteiger charge is -2.36. The normalized spacial score (nSPS) is 26.5. The summed E-state index contributed by atoms with van der Waals surface area (Å²) >= 11 is 3.33. The van der Waals surface area contributed by atoms with E-state index in [2.05, 4.69) is 32.8 Å². The van der Waals surface area contributed by atoms with Crippen LogP contribution in [-0.4, -0.2) is 40.0 Å². The van der Waals surface area contributed by atoms with Crippen LogP contribution < -0.4 is 4.74 Å². The van der Waals surface area contributed by atoms with Crippen molar-refractivity contribution >= 4 is 21.8 Å². The van der Waals surface area contributed by atoms with E-state index >= 15 is 0 Å². The number of rotatable bonds is 6. The molecule has 1 aliphatic heterocycles. The molecular weight excluding hydrogens is 394 g/mol. The van der Waals surface area contributed by atoms with Crippen LogP contribution in [-0.2, 0) is 4.79 Å². The second-order valence-electron chi connectivity index (χ2n) is 7.71. The van der Waals surface area contributed by atoms with Gasteiger partial charge in [-0.3, -0.25) is 4.79 Å². The fourth-order valence-electron chi connectivity index (χ4n) is 4.19. The highest BCUT2D eigenvalue weighted by Crippen LogP contribution is 2.33. The molecule has 1 saturated carbocycles. The Hall–Kier alpha value is -1.17. The molecule has 2 heterocycles. The molecule has 0 bridgehead atoms. The summed E-state index contributed by atoms with van der Waals surface area (Å²) in [5.41, 5.74) is 0. The predicted molar refractivity (Wildman–Crippen MR) is 105 cm³/mol. The monoisotopic (exact) mass is 423 g/mol. The molecule has 1 amide bonds. The second kappa shape index (κ2) is 9.67. The van der Waals surface area contributed by atoms with Crippen LogP contribution in [0, 0.1) is 11.8 Å². The Balaban J connectivity index is 1.48. The van der Waals surface area contributed by atoms with Gasteiger partial charge in [-0.2, -0.15) is 0 Å². The molecule has 0 spiro atoms. The first kappa shape index (κ1) is 19.6. The zero-order valence-corrected chi connectivity index (χ0v) is 17.3. The zero-order valence-electron chi connectivity index (χ0n) is 15.7. The van der Waals surface area contributed by atoms with Crippen molar-refractivity contribution in [2.45, 2.75) is 70.8 Å². The van der Waals surface area contributed by atoms with Crippen molar-refractivity contribution in [2.24, 2.45) is 11.8 Å². The van der Waals surface area contributed by atoms with Gasteiger partial charge in [0.1, 0.15) is 6.10 Å². The van der Waals surface area contributed by atoms with E-state index in [-0.39, 0.29) is 12.0 Å². The second-order valence-corrected chi connectivity index (χ2v) is 8.63. The first-order chi connectivity index (χ1) is 12.7. The average molecular weight is 424 g/mol. The summed E-state index contributed by atoms with van der Waals surface area (Å²) in [5, 5.41) is 0. The Labute approximate surface area is 165 Å². The van der Waals surface area contributed by atoms with E-state index in [1.165, 1.54) is 32.1 Å². The van der Waals surface area contributed by atoms with Crippen molar-refractivity contribution in [3.05, 3.63) is 16.9 Å². The summed E-state index contributed by atoms with van der Waals surface area (Å²) in [7, 11) is 0. The number of halogens is 1.